The molecule has 1 N–H and O–H groups in total. The first-order chi connectivity index (χ1) is 10.2. The lowest BCUT2D eigenvalue weighted by molar-refractivity contribution is -0.145. The minimum atomic E-state index is -0.205. The maximum atomic E-state index is 12.6. The molecule has 21 heavy (non-hydrogen) atoms. The molecule has 2 bridgehead atoms. The molecule has 2 aliphatic carbocycles. The molecule has 5 atom stereocenters. The van der Waals surface area contributed by atoms with Crippen molar-refractivity contribution in [3.05, 3.63) is 29.8 Å². The lowest BCUT2D eigenvalue weighted by Gasteiger charge is -2.23. The number of carbonyl (C=O) groups is 2. The molecule has 1 aromatic carbocycles. The van der Waals surface area contributed by atoms with Crippen molar-refractivity contribution in [2.24, 2.45) is 23.7 Å². The Bertz CT molecular complexity index is 593. The van der Waals surface area contributed by atoms with Crippen molar-refractivity contribution >= 4 is 17.6 Å². The number of amides is 1. The third-order valence-corrected chi connectivity index (χ3v) is 5.42. The molecule has 3 aliphatic rings. The van der Waals surface area contributed by atoms with Gasteiger partial charge in [-0.1, -0.05) is 19.1 Å². The Hall–Kier alpha value is -1.84. The molecule has 4 nitrogen and oxygen atoms in total. The van der Waals surface area contributed by atoms with Crippen LogP contribution in [0.5, 0.6) is 0 Å². The van der Waals surface area contributed by atoms with Crippen LogP contribution in [0.15, 0.2) is 24.3 Å². The van der Waals surface area contributed by atoms with E-state index in [4.69, 9.17) is 4.74 Å². The van der Waals surface area contributed by atoms with E-state index >= 15 is 0 Å². The third-order valence-electron chi connectivity index (χ3n) is 5.42. The van der Waals surface area contributed by atoms with Crippen LogP contribution in [0, 0.1) is 23.7 Å². The highest BCUT2D eigenvalue weighted by atomic mass is 16.6. The van der Waals surface area contributed by atoms with E-state index in [1.165, 1.54) is 5.56 Å². The maximum Gasteiger partial charge on any atom is 0.310 e. The monoisotopic (exact) mass is 285 g/mol. The summed E-state index contributed by atoms with van der Waals surface area (Å²) in [6, 6.07) is 7.91. The Kier molecular flexibility index (Phi) is 2.81. The first kappa shape index (κ1) is 12.9. The lowest BCUT2D eigenvalue weighted by Crippen LogP contribution is -2.35. The topological polar surface area (TPSA) is 55.4 Å². The van der Waals surface area contributed by atoms with Crippen molar-refractivity contribution in [1.29, 1.82) is 0 Å². The number of aryl methyl sites for hydroxylation is 1. The molecule has 3 fully saturated rings. The molecule has 2 saturated carbocycles. The average molecular weight is 285 g/mol. The molecular formula is C17H19NO3. The molecule has 0 unspecified atom stereocenters. The molecule has 1 aromatic rings. The fourth-order valence-corrected chi connectivity index (χ4v) is 4.41. The highest BCUT2D eigenvalue weighted by molar-refractivity contribution is 5.96. The van der Waals surface area contributed by atoms with Gasteiger partial charge in [0, 0.05) is 11.6 Å². The van der Waals surface area contributed by atoms with E-state index in [1.807, 2.05) is 24.3 Å². The Morgan fingerprint density at radius 1 is 1.29 bits per heavy atom. The van der Waals surface area contributed by atoms with Gasteiger partial charge in [0.1, 0.15) is 6.10 Å². The summed E-state index contributed by atoms with van der Waals surface area (Å²) in [5.74, 6) is 0.00313. The summed E-state index contributed by atoms with van der Waals surface area (Å²) in [6.45, 7) is 2.10. The zero-order chi connectivity index (χ0) is 14.6. The van der Waals surface area contributed by atoms with Gasteiger partial charge in [0.05, 0.1) is 11.8 Å². The number of hydrogen-bond acceptors (Lipinski definition) is 3. The van der Waals surface area contributed by atoms with Crippen LogP contribution >= 0.6 is 0 Å². The van der Waals surface area contributed by atoms with Gasteiger partial charge in [0.2, 0.25) is 5.91 Å². The van der Waals surface area contributed by atoms with Crippen LogP contribution in [0.2, 0.25) is 0 Å². The number of anilines is 1. The van der Waals surface area contributed by atoms with E-state index in [0.29, 0.717) is 5.92 Å². The molecule has 0 spiro atoms. The van der Waals surface area contributed by atoms with Crippen molar-refractivity contribution in [2.45, 2.75) is 32.3 Å². The van der Waals surface area contributed by atoms with Gasteiger partial charge in [-0.05, 0) is 42.9 Å². The molecule has 4 heteroatoms. The fraction of sp³-hybridized carbons (Fsp3) is 0.529. The largest absolute Gasteiger partial charge is 0.462 e. The zero-order valence-corrected chi connectivity index (χ0v) is 12.0. The molecule has 1 aliphatic heterocycles. The normalized spacial score (nSPS) is 35.9. The van der Waals surface area contributed by atoms with Gasteiger partial charge in [-0.15, -0.1) is 0 Å². The zero-order valence-electron chi connectivity index (χ0n) is 12.0. The van der Waals surface area contributed by atoms with Crippen LogP contribution in [0.1, 0.15) is 25.3 Å². The number of rotatable bonds is 3. The van der Waals surface area contributed by atoms with Crippen LogP contribution < -0.4 is 5.32 Å². The summed E-state index contributed by atoms with van der Waals surface area (Å²) in [4.78, 5) is 24.5. The molecule has 1 saturated heterocycles. The third kappa shape index (κ3) is 1.88. The van der Waals surface area contributed by atoms with Crippen molar-refractivity contribution in [1.82, 2.24) is 0 Å². The number of nitrogens with one attached hydrogen (secondary N) is 1. The average Bonchev–Trinajstić information content (AvgIpc) is 3.09. The van der Waals surface area contributed by atoms with Gasteiger partial charge in [-0.2, -0.15) is 0 Å². The summed E-state index contributed by atoms with van der Waals surface area (Å²) in [5.41, 5.74) is 2.05. The first-order valence-electron chi connectivity index (χ1n) is 7.77. The molecule has 0 radical (unpaired) electrons. The van der Waals surface area contributed by atoms with Crippen molar-refractivity contribution in [3.8, 4) is 0 Å². The van der Waals surface area contributed by atoms with Crippen LogP contribution in [-0.2, 0) is 20.7 Å². The standard InChI is InChI=1S/C17H19NO3/c1-2-9-3-5-11(6-4-9)18-16(19)14-10-7-12-13(8-10)21-17(20)15(12)14/h3-6,10,12-15H,2,7-8H2,1H3,(H,18,19)/t10-,12+,13+,14-,15+/m1/s1. The van der Waals surface area contributed by atoms with Gasteiger partial charge >= 0.3 is 5.97 Å². The highest BCUT2D eigenvalue weighted by Crippen LogP contribution is 2.57. The predicted molar refractivity (Wildman–Crippen MR) is 77.5 cm³/mol. The van der Waals surface area contributed by atoms with Crippen LogP contribution in [-0.4, -0.2) is 18.0 Å². The van der Waals surface area contributed by atoms with Crippen LogP contribution in [0.3, 0.4) is 0 Å². The molecule has 0 aromatic heterocycles. The Morgan fingerprint density at radius 2 is 2.05 bits per heavy atom. The number of ether oxygens (including phenoxy) is 1. The van der Waals surface area contributed by atoms with Gasteiger partial charge in [0.15, 0.2) is 0 Å². The minimum Gasteiger partial charge on any atom is -0.462 e. The number of fused-ring (bicyclic) bond motifs is 1. The van der Waals surface area contributed by atoms with E-state index < -0.39 is 0 Å². The minimum absolute atomic E-state index is 0.0194. The summed E-state index contributed by atoms with van der Waals surface area (Å²) >= 11 is 0. The Balaban J connectivity index is 1.51. The van der Waals surface area contributed by atoms with E-state index in [-0.39, 0.29) is 35.7 Å². The van der Waals surface area contributed by atoms with Gasteiger partial charge in [-0.3, -0.25) is 9.59 Å². The summed E-state index contributed by atoms with van der Waals surface area (Å²) in [6.07, 6.45) is 2.89. The second kappa shape index (κ2) is 4.58. The maximum absolute atomic E-state index is 12.6. The molecular weight excluding hydrogens is 266 g/mol. The summed E-state index contributed by atoms with van der Waals surface area (Å²) < 4.78 is 5.38. The van der Waals surface area contributed by atoms with Crippen molar-refractivity contribution in [2.75, 3.05) is 5.32 Å². The van der Waals surface area contributed by atoms with E-state index in [1.54, 1.807) is 0 Å². The van der Waals surface area contributed by atoms with Crippen LogP contribution in [0.4, 0.5) is 5.69 Å². The second-order valence-corrected chi connectivity index (χ2v) is 6.46. The number of hydrogen-bond donors (Lipinski definition) is 1. The Labute approximate surface area is 123 Å². The summed E-state index contributed by atoms with van der Waals surface area (Å²) in [5, 5.41) is 2.98. The Morgan fingerprint density at radius 3 is 2.76 bits per heavy atom. The molecule has 110 valence electrons. The van der Waals surface area contributed by atoms with E-state index in [9.17, 15) is 9.59 Å². The SMILES string of the molecule is CCc1ccc(NC(=O)[C@@H]2[C@@H]3C[C@@H]4[C@@H]2C(=O)O[C@H]4C3)cc1. The van der Waals surface area contributed by atoms with Crippen molar-refractivity contribution < 1.29 is 14.3 Å². The lowest BCUT2D eigenvalue weighted by atomic mass is 9.79. The smallest absolute Gasteiger partial charge is 0.310 e. The van der Waals surface area contributed by atoms with E-state index in [0.717, 1.165) is 24.9 Å². The van der Waals surface area contributed by atoms with Crippen molar-refractivity contribution in [3.63, 3.8) is 0 Å². The van der Waals surface area contributed by atoms with Gasteiger partial charge in [-0.25, -0.2) is 0 Å². The highest BCUT2D eigenvalue weighted by Gasteiger charge is 2.63. The molecule has 1 amide bonds. The number of carbonyl (C=O) groups excluding carboxylic acids is 2. The van der Waals surface area contributed by atoms with Gasteiger partial charge in [0.25, 0.3) is 0 Å². The molecule has 4 rings (SSSR count). The van der Waals surface area contributed by atoms with Crippen LogP contribution in [0.25, 0.3) is 0 Å². The number of benzene rings is 1. The quantitative estimate of drug-likeness (QED) is 0.868. The summed E-state index contributed by atoms with van der Waals surface area (Å²) in [7, 11) is 0. The second-order valence-electron chi connectivity index (χ2n) is 6.46. The predicted octanol–water partition coefficient (Wildman–Crippen LogP) is 2.39. The van der Waals surface area contributed by atoms with Gasteiger partial charge < -0.3 is 10.1 Å². The first-order valence-corrected chi connectivity index (χ1v) is 7.77. The molecule has 1 heterocycles. The number of esters is 1. The fourth-order valence-electron chi connectivity index (χ4n) is 4.41. The van der Waals surface area contributed by atoms with E-state index in [2.05, 4.69) is 12.2 Å².